The monoisotopic (exact) mass is 406 g/mol. The van der Waals surface area contributed by atoms with Crippen LogP contribution in [0.4, 0.5) is 0 Å². The highest BCUT2D eigenvalue weighted by atomic mass is 16.5. The van der Waals surface area contributed by atoms with Gasteiger partial charge in [0.15, 0.2) is 0 Å². The Morgan fingerprint density at radius 2 is 1.28 bits per heavy atom. The number of rotatable bonds is 19. The standard InChI is InChI=1S/C27H50O2/c1-3-5-6-7-8-9-10-11-12-13-14-15-16-17-18-19-20-21-22-26(28)27-24-23-25(4-2)29-27/h15-16,19-20,25-28H,3-14,17-18,21-24H2,1-2H3/b16-15+,20-19+/t25-,26+,27+/m0/s1. The maximum Gasteiger partial charge on any atom is 0.0838 e. The summed E-state index contributed by atoms with van der Waals surface area (Å²) in [4.78, 5) is 0. The van der Waals surface area contributed by atoms with Crippen LogP contribution in [0.3, 0.4) is 0 Å². The first kappa shape index (κ1) is 26.4. The van der Waals surface area contributed by atoms with E-state index in [0.29, 0.717) is 6.10 Å². The SMILES string of the molecule is CCCCCCCCCCCC/C=C/CC/C=C/CC[C@@H](O)[C@H]1CC[C@H](CC)O1. The molecule has 0 aromatic rings. The zero-order valence-corrected chi connectivity index (χ0v) is 19.6. The molecule has 1 N–H and O–H groups in total. The lowest BCUT2D eigenvalue weighted by atomic mass is 10.0. The van der Waals surface area contributed by atoms with E-state index in [1.807, 2.05) is 0 Å². The molecule has 170 valence electrons. The van der Waals surface area contributed by atoms with Crippen LogP contribution in [0.25, 0.3) is 0 Å². The quantitative estimate of drug-likeness (QED) is 0.173. The lowest BCUT2D eigenvalue weighted by Crippen LogP contribution is -2.26. The van der Waals surface area contributed by atoms with Gasteiger partial charge in [0, 0.05) is 0 Å². The van der Waals surface area contributed by atoms with Gasteiger partial charge < -0.3 is 9.84 Å². The zero-order valence-electron chi connectivity index (χ0n) is 19.6. The molecular weight excluding hydrogens is 356 g/mol. The highest BCUT2D eigenvalue weighted by Gasteiger charge is 2.28. The average Bonchev–Trinajstić information content (AvgIpc) is 3.22. The fraction of sp³-hybridized carbons (Fsp3) is 0.852. The van der Waals surface area contributed by atoms with E-state index in [2.05, 4.69) is 38.2 Å². The minimum atomic E-state index is -0.294. The highest BCUT2D eigenvalue weighted by molar-refractivity contribution is 4.89. The first-order valence-electron chi connectivity index (χ1n) is 12.9. The number of allylic oxidation sites excluding steroid dienone is 4. The summed E-state index contributed by atoms with van der Waals surface area (Å²) in [6.45, 7) is 4.45. The van der Waals surface area contributed by atoms with Gasteiger partial charge in [-0.2, -0.15) is 0 Å². The third kappa shape index (κ3) is 14.9. The largest absolute Gasteiger partial charge is 0.390 e. The Bertz CT molecular complexity index is 401. The van der Waals surface area contributed by atoms with Gasteiger partial charge in [-0.25, -0.2) is 0 Å². The number of hydrogen-bond donors (Lipinski definition) is 1. The van der Waals surface area contributed by atoms with Gasteiger partial charge in [0.2, 0.25) is 0 Å². The molecule has 3 atom stereocenters. The second kappa shape index (κ2) is 19.4. The van der Waals surface area contributed by atoms with Crippen LogP contribution in [0, 0.1) is 0 Å². The molecule has 2 nitrogen and oxygen atoms in total. The molecule has 0 bridgehead atoms. The predicted octanol–water partition coefficient (Wildman–Crippen LogP) is 8.29. The van der Waals surface area contributed by atoms with Gasteiger partial charge in [-0.15, -0.1) is 0 Å². The van der Waals surface area contributed by atoms with Gasteiger partial charge in [0.25, 0.3) is 0 Å². The topological polar surface area (TPSA) is 29.5 Å². The summed E-state index contributed by atoms with van der Waals surface area (Å²) < 4.78 is 5.88. The van der Waals surface area contributed by atoms with Crippen LogP contribution in [0.1, 0.15) is 129 Å². The van der Waals surface area contributed by atoms with Crippen LogP contribution in [-0.4, -0.2) is 23.4 Å². The normalized spacial score (nSPS) is 20.9. The average molecular weight is 407 g/mol. The molecule has 1 aliphatic rings. The van der Waals surface area contributed by atoms with Crippen LogP contribution in [0.2, 0.25) is 0 Å². The molecule has 1 fully saturated rings. The molecule has 29 heavy (non-hydrogen) atoms. The summed E-state index contributed by atoms with van der Waals surface area (Å²) in [5.74, 6) is 0. The van der Waals surface area contributed by atoms with E-state index in [9.17, 15) is 5.11 Å². The van der Waals surface area contributed by atoms with Crippen molar-refractivity contribution in [3.05, 3.63) is 24.3 Å². The van der Waals surface area contributed by atoms with Crippen LogP contribution < -0.4 is 0 Å². The van der Waals surface area contributed by atoms with E-state index in [1.54, 1.807) is 0 Å². The van der Waals surface area contributed by atoms with Crippen molar-refractivity contribution < 1.29 is 9.84 Å². The molecule has 2 heteroatoms. The molecule has 0 aromatic heterocycles. The van der Waals surface area contributed by atoms with Crippen molar-refractivity contribution in [2.24, 2.45) is 0 Å². The fourth-order valence-corrected chi connectivity index (χ4v) is 4.18. The summed E-state index contributed by atoms with van der Waals surface area (Å²) in [5, 5.41) is 10.2. The number of hydrogen-bond acceptors (Lipinski definition) is 2. The molecular formula is C27H50O2. The first-order valence-corrected chi connectivity index (χ1v) is 12.9. The second-order valence-corrected chi connectivity index (χ2v) is 8.92. The molecule has 0 radical (unpaired) electrons. The van der Waals surface area contributed by atoms with Gasteiger partial charge in [-0.3, -0.25) is 0 Å². The Labute approximate surface area is 182 Å². The molecule has 1 heterocycles. The maximum absolute atomic E-state index is 10.2. The van der Waals surface area contributed by atoms with Gasteiger partial charge in [-0.1, -0.05) is 95.9 Å². The van der Waals surface area contributed by atoms with Crippen molar-refractivity contribution >= 4 is 0 Å². The van der Waals surface area contributed by atoms with E-state index >= 15 is 0 Å². The molecule has 0 amide bonds. The van der Waals surface area contributed by atoms with Crippen molar-refractivity contribution in [1.82, 2.24) is 0 Å². The summed E-state index contributed by atoms with van der Waals surface area (Å²) in [6.07, 6.45) is 32.0. The summed E-state index contributed by atoms with van der Waals surface area (Å²) in [6, 6.07) is 0. The van der Waals surface area contributed by atoms with Crippen LogP contribution in [-0.2, 0) is 4.74 Å². The molecule has 1 saturated heterocycles. The van der Waals surface area contributed by atoms with Gasteiger partial charge in [0.05, 0.1) is 18.3 Å². The maximum atomic E-state index is 10.2. The van der Waals surface area contributed by atoms with Crippen LogP contribution in [0.15, 0.2) is 24.3 Å². The molecule has 0 saturated carbocycles. The van der Waals surface area contributed by atoms with E-state index in [1.165, 1.54) is 70.6 Å². The smallest absolute Gasteiger partial charge is 0.0838 e. The molecule has 1 aliphatic heterocycles. The number of aliphatic hydroxyl groups excluding tert-OH is 1. The molecule has 0 spiro atoms. The highest BCUT2D eigenvalue weighted by Crippen LogP contribution is 2.25. The van der Waals surface area contributed by atoms with Crippen molar-refractivity contribution in [2.75, 3.05) is 0 Å². The molecule has 0 aliphatic carbocycles. The predicted molar refractivity (Wildman–Crippen MR) is 127 cm³/mol. The summed E-state index contributed by atoms with van der Waals surface area (Å²) in [7, 11) is 0. The molecule has 0 aromatic carbocycles. The Hall–Kier alpha value is -0.600. The van der Waals surface area contributed by atoms with Crippen molar-refractivity contribution in [3.63, 3.8) is 0 Å². The summed E-state index contributed by atoms with van der Waals surface area (Å²) in [5.41, 5.74) is 0. The molecule has 0 unspecified atom stereocenters. The van der Waals surface area contributed by atoms with E-state index in [4.69, 9.17) is 4.74 Å². The minimum Gasteiger partial charge on any atom is -0.390 e. The van der Waals surface area contributed by atoms with Crippen LogP contribution >= 0.6 is 0 Å². The molecule has 1 rings (SSSR count). The Morgan fingerprint density at radius 1 is 0.724 bits per heavy atom. The third-order valence-electron chi connectivity index (χ3n) is 6.21. The van der Waals surface area contributed by atoms with Crippen molar-refractivity contribution in [3.8, 4) is 0 Å². The Balaban J connectivity index is 1.83. The number of ether oxygens (including phenoxy) is 1. The number of aliphatic hydroxyl groups is 1. The van der Waals surface area contributed by atoms with E-state index in [-0.39, 0.29) is 12.2 Å². The van der Waals surface area contributed by atoms with E-state index < -0.39 is 0 Å². The van der Waals surface area contributed by atoms with Gasteiger partial charge in [-0.05, 0) is 57.8 Å². The fourth-order valence-electron chi connectivity index (χ4n) is 4.18. The number of unbranched alkanes of at least 4 members (excludes halogenated alkanes) is 11. The summed E-state index contributed by atoms with van der Waals surface area (Å²) >= 11 is 0. The first-order chi connectivity index (χ1) is 14.3. The lowest BCUT2D eigenvalue weighted by Gasteiger charge is -2.18. The van der Waals surface area contributed by atoms with Crippen LogP contribution in [0.5, 0.6) is 0 Å². The van der Waals surface area contributed by atoms with Gasteiger partial charge in [0.1, 0.15) is 0 Å². The zero-order chi connectivity index (χ0) is 21.0. The minimum absolute atomic E-state index is 0.0714. The lowest BCUT2D eigenvalue weighted by molar-refractivity contribution is -0.0370. The van der Waals surface area contributed by atoms with Gasteiger partial charge >= 0.3 is 0 Å². The second-order valence-electron chi connectivity index (χ2n) is 8.92. The van der Waals surface area contributed by atoms with Crippen molar-refractivity contribution in [2.45, 2.75) is 148 Å². The Morgan fingerprint density at radius 3 is 1.86 bits per heavy atom. The van der Waals surface area contributed by atoms with E-state index in [0.717, 1.165) is 44.9 Å². The Kier molecular flexibility index (Phi) is 17.7. The van der Waals surface area contributed by atoms with Crippen molar-refractivity contribution in [1.29, 1.82) is 0 Å². The third-order valence-corrected chi connectivity index (χ3v) is 6.21.